The van der Waals surface area contributed by atoms with Crippen molar-refractivity contribution >= 4 is 11.8 Å². The molecule has 1 unspecified atom stereocenters. The molecule has 8 heteroatoms. The Labute approximate surface area is 178 Å². The molecule has 162 valence electrons. The highest BCUT2D eigenvalue weighted by molar-refractivity contribution is 5.79. The first kappa shape index (κ1) is 21.8. The summed E-state index contributed by atoms with van der Waals surface area (Å²) in [6.07, 6.45) is 1.81. The molecule has 0 aliphatic carbocycles. The van der Waals surface area contributed by atoms with Crippen molar-refractivity contribution < 1.29 is 9.13 Å². The first-order valence-electron chi connectivity index (χ1n) is 10.3. The molecule has 1 saturated heterocycles. The van der Waals surface area contributed by atoms with Crippen LogP contribution < -0.4 is 20.3 Å². The summed E-state index contributed by atoms with van der Waals surface area (Å²) < 4.78 is 18.8. The molecule has 1 aliphatic rings. The summed E-state index contributed by atoms with van der Waals surface area (Å²) in [6, 6.07) is 10.2. The van der Waals surface area contributed by atoms with E-state index in [1.165, 1.54) is 12.1 Å². The third-order valence-corrected chi connectivity index (χ3v) is 5.03. The number of anilines is 1. The van der Waals surface area contributed by atoms with E-state index >= 15 is 0 Å². The molecule has 1 aromatic carbocycles. The molecule has 0 amide bonds. The van der Waals surface area contributed by atoms with Gasteiger partial charge in [0.15, 0.2) is 5.96 Å². The fraction of sp³-hybridized carbons (Fsp3) is 0.455. The van der Waals surface area contributed by atoms with Gasteiger partial charge < -0.3 is 25.2 Å². The third kappa shape index (κ3) is 6.59. The second-order valence-corrected chi connectivity index (χ2v) is 7.50. The molecule has 1 atom stereocenters. The first-order valence-corrected chi connectivity index (χ1v) is 10.3. The van der Waals surface area contributed by atoms with Gasteiger partial charge in [0, 0.05) is 46.0 Å². The summed E-state index contributed by atoms with van der Waals surface area (Å²) in [4.78, 5) is 13.5. The number of likely N-dealkylation sites (N-methyl/N-ethyl adjacent to an activating group) is 1. The number of nitrogens with zero attached hydrogens (tertiary/aromatic N) is 4. The van der Waals surface area contributed by atoms with E-state index in [1.54, 1.807) is 19.2 Å². The molecule has 3 rings (SSSR count). The summed E-state index contributed by atoms with van der Waals surface area (Å²) in [6.45, 7) is 7.30. The molecule has 7 nitrogen and oxygen atoms in total. The maximum atomic E-state index is 13.0. The van der Waals surface area contributed by atoms with Crippen molar-refractivity contribution in [3.63, 3.8) is 0 Å². The topological polar surface area (TPSA) is 65.0 Å². The highest BCUT2D eigenvalue weighted by atomic mass is 19.1. The number of hydrogen-bond acceptors (Lipinski definition) is 5. The smallest absolute Gasteiger partial charge is 0.191 e. The molecule has 2 N–H and O–H groups in total. The number of nitrogens with one attached hydrogen (secondary N) is 2. The second kappa shape index (κ2) is 10.8. The molecule has 30 heavy (non-hydrogen) atoms. The van der Waals surface area contributed by atoms with E-state index in [0.29, 0.717) is 24.8 Å². The van der Waals surface area contributed by atoms with Crippen molar-refractivity contribution in [2.24, 2.45) is 4.99 Å². The van der Waals surface area contributed by atoms with Crippen molar-refractivity contribution in [2.45, 2.75) is 19.6 Å². The number of ether oxygens (including phenoxy) is 1. The van der Waals surface area contributed by atoms with Crippen LogP contribution in [0.1, 0.15) is 12.5 Å². The number of piperazine rings is 1. The van der Waals surface area contributed by atoms with Gasteiger partial charge in [-0.15, -0.1) is 0 Å². The Morgan fingerprint density at radius 1 is 1.13 bits per heavy atom. The minimum Gasteiger partial charge on any atom is -0.489 e. The molecule has 2 heterocycles. The van der Waals surface area contributed by atoms with Crippen LogP contribution in [0.3, 0.4) is 0 Å². The van der Waals surface area contributed by atoms with Gasteiger partial charge in [-0.1, -0.05) is 6.07 Å². The number of rotatable bonds is 7. The summed E-state index contributed by atoms with van der Waals surface area (Å²) in [5.41, 5.74) is 1.09. The fourth-order valence-corrected chi connectivity index (χ4v) is 3.18. The first-order chi connectivity index (χ1) is 14.5. The van der Waals surface area contributed by atoms with E-state index in [1.807, 2.05) is 13.1 Å². The van der Waals surface area contributed by atoms with E-state index in [2.05, 4.69) is 49.6 Å². The Balaban J connectivity index is 1.42. The number of benzene rings is 1. The summed E-state index contributed by atoms with van der Waals surface area (Å²) in [7, 11) is 3.88. The maximum Gasteiger partial charge on any atom is 0.191 e. The van der Waals surface area contributed by atoms with Crippen molar-refractivity contribution in [1.82, 2.24) is 20.5 Å². The van der Waals surface area contributed by atoms with Crippen LogP contribution in [0, 0.1) is 5.82 Å². The van der Waals surface area contributed by atoms with Gasteiger partial charge in [-0.25, -0.2) is 9.37 Å². The summed E-state index contributed by atoms with van der Waals surface area (Å²) >= 11 is 0. The largest absolute Gasteiger partial charge is 0.489 e. The van der Waals surface area contributed by atoms with Gasteiger partial charge in [0.1, 0.15) is 23.5 Å². The van der Waals surface area contributed by atoms with Crippen LogP contribution in [-0.4, -0.2) is 68.8 Å². The molecule has 0 saturated carbocycles. The molecule has 1 aromatic heterocycles. The fourth-order valence-electron chi connectivity index (χ4n) is 3.18. The quantitative estimate of drug-likeness (QED) is 0.534. The lowest BCUT2D eigenvalue weighted by atomic mass is 10.2. The zero-order chi connectivity index (χ0) is 21.3. The Hall–Kier alpha value is -2.87. The predicted molar refractivity (Wildman–Crippen MR) is 119 cm³/mol. The molecule has 0 spiro atoms. The number of aliphatic imine (C=N–C) groups is 1. The average molecular weight is 415 g/mol. The minimum atomic E-state index is -0.274. The average Bonchev–Trinajstić information content (AvgIpc) is 2.76. The zero-order valence-electron chi connectivity index (χ0n) is 17.9. The monoisotopic (exact) mass is 414 g/mol. The predicted octanol–water partition coefficient (Wildman–Crippen LogP) is 2.10. The number of guanidine groups is 1. The van der Waals surface area contributed by atoms with Crippen LogP contribution in [0.2, 0.25) is 0 Å². The number of aromatic nitrogens is 1. The van der Waals surface area contributed by atoms with E-state index in [9.17, 15) is 4.39 Å². The molecule has 2 aromatic rings. The second-order valence-electron chi connectivity index (χ2n) is 7.50. The molecular weight excluding hydrogens is 383 g/mol. The normalized spacial score (nSPS) is 16.3. The van der Waals surface area contributed by atoms with Gasteiger partial charge in [0.2, 0.25) is 0 Å². The number of halogens is 1. The third-order valence-electron chi connectivity index (χ3n) is 5.03. The maximum absolute atomic E-state index is 13.0. The van der Waals surface area contributed by atoms with E-state index in [0.717, 1.165) is 37.6 Å². The zero-order valence-corrected chi connectivity index (χ0v) is 17.9. The molecule has 0 radical (unpaired) electrons. The van der Waals surface area contributed by atoms with Crippen LogP contribution in [-0.2, 0) is 6.54 Å². The number of hydrogen-bond donors (Lipinski definition) is 2. The van der Waals surface area contributed by atoms with Crippen molar-refractivity contribution in [3.8, 4) is 5.75 Å². The minimum absolute atomic E-state index is 0.0986. The highest BCUT2D eigenvalue weighted by Gasteiger charge is 2.15. The van der Waals surface area contributed by atoms with Crippen molar-refractivity contribution in [3.05, 3.63) is 54.0 Å². The number of pyridine rings is 1. The Kier molecular flexibility index (Phi) is 7.84. The van der Waals surface area contributed by atoms with Crippen LogP contribution in [0.5, 0.6) is 5.75 Å². The lowest BCUT2D eigenvalue weighted by molar-refractivity contribution is 0.223. The van der Waals surface area contributed by atoms with Crippen molar-refractivity contribution in [1.29, 1.82) is 0 Å². The lowest BCUT2D eigenvalue weighted by Gasteiger charge is -2.33. The van der Waals surface area contributed by atoms with E-state index < -0.39 is 0 Å². The van der Waals surface area contributed by atoms with Gasteiger partial charge >= 0.3 is 0 Å². The van der Waals surface area contributed by atoms with Crippen LogP contribution in [0.25, 0.3) is 0 Å². The van der Waals surface area contributed by atoms with Gasteiger partial charge in [-0.05, 0) is 49.9 Å². The molecule has 1 aliphatic heterocycles. The van der Waals surface area contributed by atoms with Crippen molar-refractivity contribution in [2.75, 3.05) is 51.7 Å². The Morgan fingerprint density at radius 2 is 1.87 bits per heavy atom. The van der Waals surface area contributed by atoms with E-state index in [4.69, 9.17) is 4.74 Å². The van der Waals surface area contributed by atoms with Gasteiger partial charge in [-0.3, -0.25) is 4.99 Å². The molecular formula is C22H31FN6O. The molecule has 1 fully saturated rings. The SMILES string of the molecule is CN=C(NCc1ccc(N2CCN(C)CC2)nc1)NCC(C)Oc1ccc(F)cc1. The lowest BCUT2D eigenvalue weighted by Crippen LogP contribution is -2.44. The van der Waals surface area contributed by atoms with E-state index in [-0.39, 0.29) is 11.9 Å². The van der Waals surface area contributed by atoms with Gasteiger partial charge in [0.25, 0.3) is 0 Å². The summed E-state index contributed by atoms with van der Waals surface area (Å²) in [5.74, 6) is 2.08. The van der Waals surface area contributed by atoms with Gasteiger partial charge in [-0.2, -0.15) is 0 Å². The van der Waals surface area contributed by atoms with Crippen LogP contribution >= 0.6 is 0 Å². The van der Waals surface area contributed by atoms with Crippen LogP contribution in [0.15, 0.2) is 47.6 Å². The standard InChI is InChI=1S/C22H31FN6O/c1-17(30-20-7-5-19(23)6-8-20)14-26-22(24-2)27-16-18-4-9-21(25-15-18)29-12-10-28(3)11-13-29/h4-9,15,17H,10-14,16H2,1-3H3,(H2,24,26,27). The Morgan fingerprint density at radius 3 is 2.50 bits per heavy atom. The van der Waals surface area contributed by atoms with Gasteiger partial charge in [0.05, 0.1) is 6.54 Å². The summed E-state index contributed by atoms with van der Waals surface area (Å²) in [5, 5.41) is 6.54. The highest BCUT2D eigenvalue weighted by Crippen LogP contribution is 2.14. The Bertz CT molecular complexity index is 803. The van der Waals surface area contributed by atoms with Crippen LogP contribution in [0.4, 0.5) is 10.2 Å². The molecule has 0 bridgehead atoms.